The van der Waals surface area contributed by atoms with Crippen LogP contribution in [-0.4, -0.2) is 22.2 Å². The van der Waals surface area contributed by atoms with Gasteiger partial charge in [-0.05, 0) is 6.42 Å². The molecule has 4 nitrogen and oxygen atoms in total. The summed E-state index contributed by atoms with van der Waals surface area (Å²) in [7, 11) is 0. The van der Waals surface area contributed by atoms with Gasteiger partial charge in [-0.3, -0.25) is 9.59 Å². The first-order valence-corrected chi connectivity index (χ1v) is 2.56. The van der Waals surface area contributed by atoms with Crippen molar-refractivity contribution in [2.75, 3.05) is 0 Å². The number of rotatable bonds is 4. The maximum absolute atomic E-state index is 9.79. The SMILES string of the molecule is O=C(O)CCCC(=O)O.[Fe]. The van der Waals surface area contributed by atoms with Gasteiger partial charge in [-0.25, -0.2) is 0 Å². The normalized spacial score (nSPS) is 8.00. The van der Waals surface area contributed by atoms with E-state index >= 15 is 0 Å². The van der Waals surface area contributed by atoms with E-state index in [1.54, 1.807) is 0 Å². The molecular formula is C5H8FeO4. The minimum atomic E-state index is -0.948. The Balaban J connectivity index is 0. The fourth-order valence-electron chi connectivity index (χ4n) is 0.391. The number of carboxylic acids is 2. The zero-order chi connectivity index (χ0) is 7.28. The van der Waals surface area contributed by atoms with Crippen LogP contribution in [0.15, 0.2) is 0 Å². The molecule has 0 spiro atoms. The zero-order valence-corrected chi connectivity index (χ0v) is 6.29. The average Bonchev–Trinajstić information content (AvgIpc) is 1.63. The molecule has 0 bridgehead atoms. The second-order valence-corrected chi connectivity index (χ2v) is 1.64. The minimum Gasteiger partial charge on any atom is -0.481 e. The molecule has 5 heteroatoms. The Morgan fingerprint density at radius 3 is 1.50 bits per heavy atom. The maximum Gasteiger partial charge on any atom is 0.303 e. The third kappa shape index (κ3) is 10.4. The van der Waals surface area contributed by atoms with Crippen molar-refractivity contribution in [3.63, 3.8) is 0 Å². The van der Waals surface area contributed by atoms with Crippen LogP contribution in [0.5, 0.6) is 0 Å². The molecule has 0 fully saturated rings. The van der Waals surface area contributed by atoms with Gasteiger partial charge < -0.3 is 10.2 Å². The Hall–Kier alpha value is -0.541. The topological polar surface area (TPSA) is 74.6 Å². The Labute approximate surface area is 68.7 Å². The van der Waals surface area contributed by atoms with Crippen LogP contribution in [0.4, 0.5) is 0 Å². The van der Waals surface area contributed by atoms with Gasteiger partial charge in [0.15, 0.2) is 0 Å². The Morgan fingerprint density at radius 2 is 1.30 bits per heavy atom. The minimum absolute atomic E-state index is 0. The zero-order valence-electron chi connectivity index (χ0n) is 5.19. The summed E-state index contributed by atoms with van der Waals surface area (Å²) in [6.45, 7) is 0. The van der Waals surface area contributed by atoms with Gasteiger partial charge in [0.1, 0.15) is 0 Å². The first-order chi connectivity index (χ1) is 4.13. The fraction of sp³-hybridized carbons (Fsp3) is 0.600. The molecular weight excluding hydrogens is 180 g/mol. The van der Waals surface area contributed by atoms with E-state index < -0.39 is 11.9 Å². The van der Waals surface area contributed by atoms with Gasteiger partial charge in [-0.1, -0.05) is 0 Å². The summed E-state index contributed by atoms with van der Waals surface area (Å²) in [6.07, 6.45) is 0.0866. The van der Waals surface area contributed by atoms with Crippen LogP contribution in [0.25, 0.3) is 0 Å². The number of aliphatic carboxylic acids is 2. The van der Waals surface area contributed by atoms with Crippen molar-refractivity contribution >= 4 is 11.9 Å². The molecule has 10 heavy (non-hydrogen) atoms. The Bertz CT molecular complexity index is 109. The number of hydrogen-bond donors (Lipinski definition) is 2. The van der Waals surface area contributed by atoms with E-state index in [1.807, 2.05) is 0 Å². The van der Waals surface area contributed by atoms with Crippen molar-refractivity contribution < 1.29 is 36.9 Å². The van der Waals surface area contributed by atoms with Crippen molar-refractivity contribution in [2.24, 2.45) is 0 Å². The summed E-state index contributed by atoms with van der Waals surface area (Å²) in [5.74, 6) is -1.90. The second kappa shape index (κ2) is 6.58. The molecule has 0 rings (SSSR count). The van der Waals surface area contributed by atoms with E-state index in [1.165, 1.54) is 0 Å². The van der Waals surface area contributed by atoms with Gasteiger partial charge in [-0.2, -0.15) is 0 Å². The van der Waals surface area contributed by atoms with Crippen molar-refractivity contribution in [1.82, 2.24) is 0 Å². The molecule has 0 amide bonds. The van der Waals surface area contributed by atoms with E-state index in [9.17, 15) is 9.59 Å². The van der Waals surface area contributed by atoms with Crippen LogP contribution in [0, 0.1) is 0 Å². The monoisotopic (exact) mass is 188 g/mol. The van der Waals surface area contributed by atoms with Crippen LogP contribution in [0.2, 0.25) is 0 Å². The third-order valence-electron chi connectivity index (χ3n) is 0.781. The predicted octanol–water partition coefficient (Wildman–Crippen LogP) is 0.323. The Morgan fingerprint density at radius 1 is 1.00 bits per heavy atom. The predicted molar refractivity (Wildman–Crippen MR) is 29.1 cm³/mol. The van der Waals surface area contributed by atoms with E-state index in [2.05, 4.69) is 0 Å². The molecule has 0 aliphatic heterocycles. The smallest absolute Gasteiger partial charge is 0.303 e. The van der Waals surface area contributed by atoms with Gasteiger partial charge in [0.2, 0.25) is 0 Å². The van der Waals surface area contributed by atoms with E-state index in [0.717, 1.165) is 0 Å². The summed E-state index contributed by atoms with van der Waals surface area (Å²) in [6, 6.07) is 0. The van der Waals surface area contributed by atoms with Crippen LogP contribution >= 0.6 is 0 Å². The summed E-state index contributed by atoms with van der Waals surface area (Å²) in [4.78, 5) is 19.6. The third-order valence-corrected chi connectivity index (χ3v) is 0.781. The average molecular weight is 188 g/mol. The van der Waals surface area contributed by atoms with Crippen molar-refractivity contribution in [2.45, 2.75) is 19.3 Å². The molecule has 2 N–H and O–H groups in total. The van der Waals surface area contributed by atoms with Gasteiger partial charge in [0.05, 0.1) is 0 Å². The molecule has 0 aliphatic rings. The second-order valence-electron chi connectivity index (χ2n) is 1.64. The fourth-order valence-corrected chi connectivity index (χ4v) is 0.391. The van der Waals surface area contributed by atoms with Crippen LogP contribution < -0.4 is 0 Å². The van der Waals surface area contributed by atoms with Gasteiger partial charge in [0, 0.05) is 29.9 Å². The van der Waals surface area contributed by atoms with Gasteiger partial charge in [-0.15, -0.1) is 0 Å². The van der Waals surface area contributed by atoms with Gasteiger partial charge in [0.25, 0.3) is 0 Å². The van der Waals surface area contributed by atoms with E-state index in [-0.39, 0.29) is 36.3 Å². The van der Waals surface area contributed by atoms with Crippen LogP contribution in [0.1, 0.15) is 19.3 Å². The quantitative estimate of drug-likeness (QED) is 0.623. The number of carbonyl (C=O) groups is 2. The summed E-state index contributed by atoms with van der Waals surface area (Å²) < 4.78 is 0. The molecule has 0 aromatic heterocycles. The molecule has 0 saturated carbocycles. The molecule has 0 radical (unpaired) electrons. The molecule has 0 atom stereocenters. The molecule has 0 heterocycles. The van der Waals surface area contributed by atoms with Crippen molar-refractivity contribution in [1.29, 1.82) is 0 Å². The largest absolute Gasteiger partial charge is 0.481 e. The first-order valence-electron chi connectivity index (χ1n) is 2.56. The molecule has 0 unspecified atom stereocenters. The van der Waals surface area contributed by atoms with E-state index in [0.29, 0.717) is 0 Å². The molecule has 0 aliphatic carbocycles. The van der Waals surface area contributed by atoms with Gasteiger partial charge >= 0.3 is 11.9 Å². The molecule has 60 valence electrons. The van der Waals surface area contributed by atoms with Crippen molar-refractivity contribution in [3.8, 4) is 0 Å². The molecule has 0 aromatic rings. The Kier molecular flexibility index (Phi) is 8.00. The van der Waals surface area contributed by atoms with Crippen LogP contribution in [0.3, 0.4) is 0 Å². The standard InChI is InChI=1S/C5H8O4.Fe/c6-4(7)2-1-3-5(8)9;/h1-3H2,(H,6,7)(H,8,9);. The summed E-state index contributed by atoms with van der Waals surface area (Å²) in [5.41, 5.74) is 0. The number of hydrogen-bond acceptors (Lipinski definition) is 2. The molecule has 0 aromatic carbocycles. The van der Waals surface area contributed by atoms with Crippen molar-refractivity contribution in [3.05, 3.63) is 0 Å². The van der Waals surface area contributed by atoms with Crippen LogP contribution in [-0.2, 0) is 26.7 Å². The first kappa shape index (κ1) is 12.2. The number of carboxylic acid groups (broad SMARTS) is 2. The summed E-state index contributed by atoms with van der Waals surface area (Å²) in [5, 5.41) is 16.1. The maximum atomic E-state index is 9.79. The summed E-state index contributed by atoms with van der Waals surface area (Å²) >= 11 is 0. The molecule has 0 saturated heterocycles. The van der Waals surface area contributed by atoms with E-state index in [4.69, 9.17) is 10.2 Å².